The zero-order valence-corrected chi connectivity index (χ0v) is 18.3. The van der Waals surface area contributed by atoms with Gasteiger partial charge in [-0.05, 0) is 63.2 Å². The Bertz CT molecular complexity index is 570. The van der Waals surface area contributed by atoms with E-state index in [1.165, 1.54) is 24.0 Å². The van der Waals surface area contributed by atoms with Crippen LogP contribution in [0, 0.1) is 0 Å². The molecule has 2 rings (SSSR count). The van der Waals surface area contributed by atoms with Gasteiger partial charge in [0, 0.05) is 18.4 Å². The van der Waals surface area contributed by atoms with Crippen molar-refractivity contribution in [1.29, 1.82) is 0 Å². The molecule has 25 heavy (non-hydrogen) atoms. The van der Waals surface area contributed by atoms with Crippen molar-refractivity contribution in [3.8, 4) is 0 Å². The summed E-state index contributed by atoms with van der Waals surface area (Å²) in [6.07, 6.45) is 8.96. The number of carbonyl (C=O) groups excluding carboxylic acids is 1. The van der Waals surface area contributed by atoms with Crippen molar-refractivity contribution >= 4 is 14.3 Å². The molecule has 0 unspecified atom stereocenters. The molecule has 0 bridgehead atoms. The summed E-state index contributed by atoms with van der Waals surface area (Å²) in [6.45, 7) is 15.7. The van der Waals surface area contributed by atoms with E-state index in [0.29, 0.717) is 6.61 Å². The third-order valence-corrected chi connectivity index (χ3v) is 10.8. The van der Waals surface area contributed by atoms with Crippen LogP contribution < -0.4 is 0 Å². The fraction of sp³-hybridized carbons (Fsp3) is 0.762. The molecule has 1 fully saturated rings. The number of rotatable bonds is 5. The highest BCUT2D eigenvalue weighted by Crippen LogP contribution is 2.53. The van der Waals surface area contributed by atoms with Gasteiger partial charge in [0.25, 0.3) is 0 Å². The predicted molar refractivity (Wildman–Crippen MR) is 106 cm³/mol. The molecule has 142 valence electrons. The fourth-order valence-electron chi connectivity index (χ4n) is 3.54. The number of carbonyl (C=O) groups is 1. The Hall–Kier alpha value is -0.873. The summed E-state index contributed by atoms with van der Waals surface area (Å²) < 4.78 is 12.2. The first-order chi connectivity index (χ1) is 11.5. The second kappa shape index (κ2) is 7.40. The molecule has 0 atom stereocenters. The van der Waals surface area contributed by atoms with Gasteiger partial charge in [0.05, 0.1) is 12.2 Å². The first-order valence-corrected chi connectivity index (χ1v) is 12.7. The highest BCUT2D eigenvalue weighted by Gasteiger charge is 2.52. The van der Waals surface area contributed by atoms with Crippen molar-refractivity contribution in [2.45, 2.75) is 96.9 Å². The summed E-state index contributed by atoms with van der Waals surface area (Å²) in [5.41, 5.74) is 3.30. The smallest absolute Gasteiger partial charge is 0.333 e. The van der Waals surface area contributed by atoms with Gasteiger partial charge in [0.2, 0.25) is 0 Å². The Kier molecular flexibility index (Phi) is 6.05. The summed E-state index contributed by atoms with van der Waals surface area (Å²) in [5, 5.41) is 0.185. The number of allylic oxidation sites excluding steroid dienone is 1. The molecule has 0 N–H and O–H groups in total. The molecule has 0 radical (unpaired) electrons. The molecule has 3 nitrogen and oxygen atoms in total. The first-order valence-electron chi connectivity index (χ1n) is 9.78. The summed E-state index contributed by atoms with van der Waals surface area (Å²) in [7, 11) is -1.88. The molecule has 2 aliphatic rings. The largest absolute Gasteiger partial charge is 0.463 e. The zero-order valence-electron chi connectivity index (χ0n) is 17.3. The first kappa shape index (κ1) is 20.4. The zero-order chi connectivity index (χ0) is 18.9. The second-order valence-corrected chi connectivity index (χ2v) is 13.9. The minimum Gasteiger partial charge on any atom is -0.463 e. The third-order valence-electron chi connectivity index (χ3n) is 6.24. The van der Waals surface area contributed by atoms with Crippen LogP contribution in [0.4, 0.5) is 0 Å². The Morgan fingerprint density at radius 2 is 1.88 bits per heavy atom. The van der Waals surface area contributed by atoms with E-state index >= 15 is 0 Å². The van der Waals surface area contributed by atoms with Crippen LogP contribution in [0.15, 0.2) is 22.8 Å². The minimum atomic E-state index is -1.88. The van der Waals surface area contributed by atoms with Gasteiger partial charge < -0.3 is 9.16 Å². The SMILES string of the molecule is CCOC(=O)C(C)=C1CC(O[Si](C)(C)C(C)(C)C)(C2=CCCCC2)C1. The number of esters is 1. The molecule has 0 aromatic rings. The quantitative estimate of drug-likeness (QED) is 0.263. The van der Waals surface area contributed by atoms with Crippen molar-refractivity contribution in [1.82, 2.24) is 0 Å². The van der Waals surface area contributed by atoms with E-state index in [1.807, 2.05) is 13.8 Å². The third kappa shape index (κ3) is 4.28. The van der Waals surface area contributed by atoms with E-state index in [2.05, 4.69) is 39.9 Å². The van der Waals surface area contributed by atoms with E-state index in [1.54, 1.807) is 0 Å². The molecule has 0 aliphatic heterocycles. The van der Waals surface area contributed by atoms with E-state index in [-0.39, 0.29) is 16.6 Å². The number of hydrogen-bond donors (Lipinski definition) is 0. The van der Waals surface area contributed by atoms with E-state index < -0.39 is 8.32 Å². The Morgan fingerprint density at radius 3 is 2.36 bits per heavy atom. The number of hydrogen-bond acceptors (Lipinski definition) is 3. The minimum absolute atomic E-state index is 0.170. The lowest BCUT2D eigenvalue weighted by Crippen LogP contribution is -2.55. The van der Waals surface area contributed by atoms with Crippen molar-refractivity contribution < 1.29 is 14.0 Å². The van der Waals surface area contributed by atoms with Crippen LogP contribution in [0.3, 0.4) is 0 Å². The van der Waals surface area contributed by atoms with Gasteiger partial charge in [0.1, 0.15) is 0 Å². The molecular weight excluding hydrogens is 328 g/mol. The summed E-state index contributed by atoms with van der Waals surface area (Å²) in [6, 6.07) is 0. The highest BCUT2D eigenvalue weighted by molar-refractivity contribution is 6.74. The Balaban J connectivity index is 2.28. The Morgan fingerprint density at radius 1 is 1.24 bits per heavy atom. The average molecular weight is 365 g/mol. The maximum Gasteiger partial charge on any atom is 0.333 e. The summed E-state index contributed by atoms with van der Waals surface area (Å²) in [4.78, 5) is 12.1. The van der Waals surface area contributed by atoms with E-state index in [9.17, 15) is 4.79 Å². The van der Waals surface area contributed by atoms with Gasteiger partial charge in [-0.2, -0.15) is 0 Å². The van der Waals surface area contributed by atoms with Crippen molar-refractivity contribution in [3.63, 3.8) is 0 Å². The average Bonchev–Trinajstić information content (AvgIpc) is 2.49. The van der Waals surface area contributed by atoms with Gasteiger partial charge in [0.15, 0.2) is 8.32 Å². The molecule has 0 aromatic carbocycles. The van der Waals surface area contributed by atoms with Crippen molar-refractivity contribution in [3.05, 3.63) is 22.8 Å². The summed E-state index contributed by atoms with van der Waals surface area (Å²) in [5.74, 6) is -0.170. The molecule has 4 heteroatoms. The maximum atomic E-state index is 12.1. The predicted octanol–water partition coefficient (Wildman–Crippen LogP) is 5.92. The number of ether oxygens (including phenoxy) is 1. The fourth-order valence-corrected chi connectivity index (χ4v) is 5.10. The van der Waals surface area contributed by atoms with Crippen LogP contribution in [-0.2, 0) is 14.0 Å². The molecule has 0 aromatic heterocycles. The lowest BCUT2D eigenvalue weighted by molar-refractivity contribution is -0.138. The van der Waals surface area contributed by atoms with Crippen molar-refractivity contribution in [2.75, 3.05) is 6.61 Å². The molecule has 0 spiro atoms. The van der Waals surface area contributed by atoms with Crippen LogP contribution in [0.25, 0.3) is 0 Å². The molecular formula is C21H36O3Si. The van der Waals surface area contributed by atoms with E-state index in [4.69, 9.17) is 9.16 Å². The topological polar surface area (TPSA) is 35.5 Å². The highest BCUT2D eigenvalue weighted by atomic mass is 28.4. The van der Waals surface area contributed by atoms with Crippen molar-refractivity contribution in [2.24, 2.45) is 0 Å². The lowest BCUT2D eigenvalue weighted by atomic mass is 9.67. The summed E-state index contributed by atoms with van der Waals surface area (Å²) >= 11 is 0. The Labute approximate surface area is 155 Å². The normalized spacial score (nSPS) is 24.4. The van der Waals surface area contributed by atoms with Gasteiger partial charge in [-0.1, -0.05) is 32.4 Å². The molecule has 0 saturated heterocycles. The van der Waals surface area contributed by atoms with Gasteiger partial charge >= 0.3 is 5.97 Å². The monoisotopic (exact) mass is 364 g/mol. The maximum absolute atomic E-state index is 12.1. The van der Waals surface area contributed by atoms with Crippen LogP contribution in [0.1, 0.15) is 73.1 Å². The van der Waals surface area contributed by atoms with Crippen LogP contribution in [0.5, 0.6) is 0 Å². The van der Waals surface area contributed by atoms with Crippen LogP contribution in [-0.4, -0.2) is 26.5 Å². The van der Waals surface area contributed by atoms with E-state index in [0.717, 1.165) is 31.3 Å². The molecule has 1 saturated carbocycles. The lowest BCUT2D eigenvalue weighted by Gasteiger charge is -2.53. The van der Waals surface area contributed by atoms with Gasteiger partial charge in [-0.25, -0.2) is 4.79 Å². The van der Waals surface area contributed by atoms with Gasteiger partial charge in [-0.3, -0.25) is 0 Å². The molecule has 0 amide bonds. The van der Waals surface area contributed by atoms with Gasteiger partial charge in [-0.15, -0.1) is 0 Å². The second-order valence-electron chi connectivity index (χ2n) is 9.13. The standard InChI is InChI=1S/C21H36O3Si/c1-8-23-19(22)16(2)17-14-21(15-17,18-12-10-9-11-13-18)24-25(6,7)20(3,4)5/h12H,8-11,13-15H2,1-7H3. The molecule has 0 heterocycles. The van der Waals surface area contributed by atoms with Crippen LogP contribution in [0.2, 0.25) is 18.1 Å². The molecule has 2 aliphatic carbocycles. The van der Waals surface area contributed by atoms with Crippen LogP contribution >= 0.6 is 0 Å².